The molecule has 94 valence electrons. The van der Waals surface area contributed by atoms with Crippen LogP contribution in [0.15, 0.2) is 42.6 Å². The molecule has 5 heteroatoms. The van der Waals surface area contributed by atoms with Gasteiger partial charge in [0.05, 0.1) is 16.8 Å². The van der Waals surface area contributed by atoms with Crippen LogP contribution in [0.25, 0.3) is 16.7 Å². The van der Waals surface area contributed by atoms with Crippen LogP contribution in [0.3, 0.4) is 0 Å². The van der Waals surface area contributed by atoms with Gasteiger partial charge >= 0.3 is 5.97 Å². The van der Waals surface area contributed by atoms with Crippen molar-refractivity contribution < 1.29 is 9.90 Å². The Balaban J connectivity index is 2.30. The standard InChI is InChI=1S/C14H11N3O2/c1-9-6-7-17(16-9)13-8-11(14(18)19)10-4-2-3-5-12(10)15-13/h2-8H,1H3,(H,18,19). The van der Waals surface area contributed by atoms with Gasteiger partial charge in [-0.1, -0.05) is 18.2 Å². The number of benzene rings is 1. The number of nitrogens with zero attached hydrogens (tertiary/aromatic N) is 3. The summed E-state index contributed by atoms with van der Waals surface area (Å²) in [4.78, 5) is 15.8. The highest BCUT2D eigenvalue weighted by molar-refractivity contribution is 6.02. The van der Waals surface area contributed by atoms with Crippen LogP contribution in [0.1, 0.15) is 16.1 Å². The van der Waals surface area contributed by atoms with E-state index >= 15 is 0 Å². The average molecular weight is 253 g/mol. The molecule has 1 aromatic carbocycles. The lowest BCUT2D eigenvalue weighted by Gasteiger charge is -2.06. The minimum Gasteiger partial charge on any atom is -0.478 e. The van der Waals surface area contributed by atoms with E-state index < -0.39 is 5.97 Å². The van der Waals surface area contributed by atoms with E-state index in [0.29, 0.717) is 16.7 Å². The largest absolute Gasteiger partial charge is 0.478 e. The molecule has 0 aliphatic rings. The summed E-state index contributed by atoms with van der Waals surface area (Å²) in [5.41, 5.74) is 1.73. The molecule has 0 amide bonds. The predicted molar refractivity (Wildman–Crippen MR) is 70.6 cm³/mol. The van der Waals surface area contributed by atoms with Crippen LogP contribution in [0.4, 0.5) is 0 Å². The Bertz CT molecular complexity index is 777. The molecule has 0 bridgehead atoms. The molecule has 0 radical (unpaired) electrons. The van der Waals surface area contributed by atoms with E-state index in [-0.39, 0.29) is 5.56 Å². The maximum absolute atomic E-state index is 11.3. The van der Waals surface area contributed by atoms with Crippen molar-refractivity contribution in [3.63, 3.8) is 0 Å². The first-order valence-electron chi connectivity index (χ1n) is 5.81. The number of fused-ring (bicyclic) bond motifs is 1. The van der Waals surface area contributed by atoms with Gasteiger partial charge in [-0.25, -0.2) is 14.5 Å². The molecular formula is C14H11N3O2. The Kier molecular flexibility index (Phi) is 2.52. The number of aromatic carboxylic acids is 1. The zero-order valence-electron chi connectivity index (χ0n) is 10.2. The molecule has 2 heterocycles. The third-order valence-corrected chi connectivity index (χ3v) is 2.89. The molecule has 0 aliphatic carbocycles. The number of hydrogen-bond donors (Lipinski definition) is 1. The highest BCUT2D eigenvalue weighted by Crippen LogP contribution is 2.20. The van der Waals surface area contributed by atoms with Gasteiger partial charge in [-0.2, -0.15) is 5.10 Å². The molecule has 0 spiro atoms. The van der Waals surface area contributed by atoms with Crippen LogP contribution in [-0.4, -0.2) is 25.8 Å². The Hall–Kier alpha value is -2.69. The van der Waals surface area contributed by atoms with Gasteiger partial charge < -0.3 is 5.11 Å². The Labute approximate surface area is 109 Å². The van der Waals surface area contributed by atoms with E-state index in [0.717, 1.165) is 5.69 Å². The summed E-state index contributed by atoms with van der Waals surface area (Å²) in [6, 6.07) is 10.6. The molecule has 1 N–H and O–H groups in total. The fraction of sp³-hybridized carbons (Fsp3) is 0.0714. The van der Waals surface area contributed by atoms with Crippen molar-refractivity contribution in [1.82, 2.24) is 14.8 Å². The van der Waals surface area contributed by atoms with E-state index in [1.165, 1.54) is 6.07 Å². The molecule has 0 saturated heterocycles. The molecule has 19 heavy (non-hydrogen) atoms. The van der Waals surface area contributed by atoms with Crippen LogP contribution in [-0.2, 0) is 0 Å². The number of carboxylic acids is 1. The minimum atomic E-state index is -0.969. The SMILES string of the molecule is Cc1ccn(-c2cc(C(=O)O)c3ccccc3n2)n1. The zero-order valence-corrected chi connectivity index (χ0v) is 10.2. The molecule has 0 atom stereocenters. The number of pyridine rings is 1. The number of aromatic nitrogens is 3. The molecule has 0 fully saturated rings. The normalized spacial score (nSPS) is 10.8. The topological polar surface area (TPSA) is 68.0 Å². The number of carbonyl (C=O) groups is 1. The van der Waals surface area contributed by atoms with Crippen molar-refractivity contribution in [2.75, 3.05) is 0 Å². The number of rotatable bonds is 2. The second kappa shape index (κ2) is 4.20. The second-order valence-electron chi connectivity index (χ2n) is 4.25. The third-order valence-electron chi connectivity index (χ3n) is 2.89. The highest BCUT2D eigenvalue weighted by Gasteiger charge is 2.12. The summed E-state index contributed by atoms with van der Waals surface area (Å²) in [6.07, 6.45) is 1.76. The van der Waals surface area contributed by atoms with Crippen molar-refractivity contribution in [2.24, 2.45) is 0 Å². The molecule has 5 nitrogen and oxygen atoms in total. The summed E-state index contributed by atoms with van der Waals surface area (Å²) >= 11 is 0. The Morgan fingerprint density at radius 1 is 1.26 bits per heavy atom. The first-order valence-corrected chi connectivity index (χ1v) is 5.81. The maximum Gasteiger partial charge on any atom is 0.336 e. The monoisotopic (exact) mass is 253 g/mol. The lowest BCUT2D eigenvalue weighted by Crippen LogP contribution is -2.04. The summed E-state index contributed by atoms with van der Waals surface area (Å²) < 4.78 is 1.58. The Morgan fingerprint density at radius 3 is 2.74 bits per heavy atom. The molecular weight excluding hydrogens is 242 g/mol. The maximum atomic E-state index is 11.3. The van der Waals surface area contributed by atoms with Crippen LogP contribution in [0.2, 0.25) is 0 Å². The van der Waals surface area contributed by atoms with E-state index in [2.05, 4.69) is 10.1 Å². The van der Waals surface area contributed by atoms with Crippen LogP contribution in [0, 0.1) is 6.92 Å². The first-order chi connectivity index (χ1) is 9.15. The fourth-order valence-corrected chi connectivity index (χ4v) is 2.00. The van der Waals surface area contributed by atoms with E-state index in [9.17, 15) is 9.90 Å². The van der Waals surface area contributed by atoms with Crippen LogP contribution in [0.5, 0.6) is 0 Å². The van der Waals surface area contributed by atoms with Gasteiger partial charge in [0.25, 0.3) is 0 Å². The first kappa shape index (κ1) is 11.4. The quantitative estimate of drug-likeness (QED) is 0.761. The van der Waals surface area contributed by atoms with Gasteiger partial charge in [0, 0.05) is 11.6 Å². The highest BCUT2D eigenvalue weighted by atomic mass is 16.4. The molecule has 0 aliphatic heterocycles. The molecule has 2 aromatic heterocycles. The van der Waals surface area contributed by atoms with Crippen LogP contribution < -0.4 is 0 Å². The van der Waals surface area contributed by atoms with Crippen molar-refractivity contribution in [1.29, 1.82) is 0 Å². The Morgan fingerprint density at radius 2 is 2.05 bits per heavy atom. The van der Waals surface area contributed by atoms with E-state index in [1.807, 2.05) is 19.1 Å². The molecule has 0 saturated carbocycles. The lowest BCUT2D eigenvalue weighted by atomic mass is 10.1. The van der Waals surface area contributed by atoms with Crippen molar-refractivity contribution in [3.8, 4) is 5.82 Å². The predicted octanol–water partition coefficient (Wildman–Crippen LogP) is 2.43. The fourth-order valence-electron chi connectivity index (χ4n) is 2.00. The lowest BCUT2D eigenvalue weighted by molar-refractivity contribution is 0.0699. The minimum absolute atomic E-state index is 0.230. The molecule has 0 unspecified atom stereocenters. The smallest absolute Gasteiger partial charge is 0.336 e. The second-order valence-corrected chi connectivity index (χ2v) is 4.25. The van der Waals surface area contributed by atoms with Gasteiger partial charge in [-0.15, -0.1) is 0 Å². The molecule has 3 aromatic rings. The van der Waals surface area contributed by atoms with Crippen molar-refractivity contribution in [3.05, 3.63) is 53.9 Å². The van der Waals surface area contributed by atoms with Gasteiger partial charge in [-0.05, 0) is 25.1 Å². The van der Waals surface area contributed by atoms with Crippen molar-refractivity contribution >= 4 is 16.9 Å². The van der Waals surface area contributed by atoms with Crippen LogP contribution >= 0.6 is 0 Å². The third kappa shape index (κ3) is 1.95. The van der Waals surface area contributed by atoms with Gasteiger partial charge in [0.2, 0.25) is 0 Å². The van der Waals surface area contributed by atoms with Gasteiger partial charge in [0.1, 0.15) is 0 Å². The van der Waals surface area contributed by atoms with E-state index in [1.54, 1.807) is 29.1 Å². The van der Waals surface area contributed by atoms with Crippen molar-refractivity contribution in [2.45, 2.75) is 6.92 Å². The summed E-state index contributed by atoms with van der Waals surface area (Å²) in [7, 11) is 0. The van der Waals surface area contributed by atoms with Gasteiger partial charge in [-0.3, -0.25) is 0 Å². The van der Waals surface area contributed by atoms with Gasteiger partial charge in [0.15, 0.2) is 5.82 Å². The summed E-state index contributed by atoms with van der Waals surface area (Å²) in [6.45, 7) is 1.87. The average Bonchev–Trinajstić information content (AvgIpc) is 2.84. The summed E-state index contributed by atoms with van der Waals surface area (Å²) in [5.74, 6) is -0.465. The number of carboxylic acid groups (broad SMARTS) is 1. The number of aryl methyl sites for hydroxylation is 1. The number of hydrogen-bond acceptors (Lipinski definition) is 3. The number of para-hydroxylation sites is 1. The van der Waals surface area contributed by atoms with E-state index in [4.69, 9.17) is 0 Å². The summed E-state index contributed by atoms with van der Waals surface area (Å²) in [5, 5.41) is 14.2. The zero-order chi connectivity index (χ0) is 13.4. The molecule has 3 rings (SSSR count).